The van der Waals surface area contributed by atoms with E-state index in [0.29, 0.717) is 18.3 Å². The van der Waals surface area contributed by atoms with E-state index in [4.69, 9.17) is 0 Å². The largest absolute Gasteiger partial charge is 0.314 e. The third-order valence-electron chi connectivity index (χ3n) is 2.92. The van der Waals surface area contributed by atoms with Gasteiger partial charge in [0.25, 0.3) is 0 Å². The SMILES string of the molecule is CCCN(CCS(=O)(=O)CC)C1CNC1. The lowest BCUT2D eigenvalue weighted by Gasteiger charge is -2.38. The Morgan fingerprint density at radius 3 is 2.33 bits per heavy atom. The summed E-state index contributed by atoms with van der Waals surface area (Å²) in [7, 11) is -2.81. The Morgan fingerprint density at radius 1 is 1.27 bits per heavy atom. The summed E-state index contributed by atoms with van der Waals surface area (Å²) < 4.78 is 22.8. The molecule has 0 spiro atoms. The van der Waals surface area contributed by atoms with Gasteiger partial charge in [0.15, 0.2) is 9.84 Å². The van der Waals surface area contributed by atoms with Crippen molar-refractivity contribution in [2.45, 2.75) is 26.3 Å². The topological polar surface area (TPSA) is 49.4 Å². The molecule has 0 aromatic carbocycles. The molecule has 0 bridgehead atoms. The van der Waals surface area contributed by atoms with Gasteiger partial charge in [-0.05, 0) is 13.0 Å². The third kappa shape index (κ3) is 4.09. The van der Waals surface area contributed by atoms with Gasteiger partial charge in [-0.2, -0.15) is 0 Å². The minimum absolute atomic E-state index is 0.260. The number of sulfone groups is 1. The maximum absolute atomic E-state index is 11.4. The van der Waals surface area contributed by atoms with E-state index in [1.807, 2.05) is 0 Å². The molecule has 4 nitrogen and oxygen atoms in total. The zero-order chi connectivity index (χ0) is 11.3. The number of nitrogens with zero attached hydrogens (tertiary/aromatic N) is 1. The van der Waals surface area contributed by atoms with Crippen molar-refractivity contribution < 1.29 is 8.42 Å². The van der Waals surface area contributed by atoms with Gasteiger partial charge in [-0.1, -0.05) is 13.8 Å². The van der Waals surface area contributed by atoms with Crippen LogP contribution in [0.5, 0.6) is 0 Å². The normalized spacial score (nSPS) is 18.1. The van der Waals surface area contributed by atoms with Crippen LogP contribution in [0.25, 0.3) is 0 Å². The lowest BCUT2D eigenvalue weighted by molar-refractivity contribution is 0.154. The summed E-state index contributed by atoms with van der Waals surface area (Å²) >= 11 is 0. The Morgan fingerprint density at radius 2 is 1.93 bits per heavy atom. The van der Waals surface area contributed by atoms with Crippen LogP contribution in [0, 0.1) is 0 Å². The van der Waals surface area contributed by atoms with Crippen LogP contribution in [-0.4, -0.2) is 57.0 Å². The first kappa shape index (κ1) is 12.9. The summed E-state index contributed by atoms with van der Waals surface area (Å²) in [6.07, 6.45) is 1.09. The van der Waals surface area contributed by atoms with Crippen molar-refractivity contribution in [3.05, 3.63) is 0 Å². The van der Waals surface area contributed by atoms with Gasteiger partial charge in [0.2, 0.25) is 0 Å². The van der Waals surface area contributed by atoms with Crippen LogP contribution < -0.4 is 5.32 Å². The summed E-state index contributed by atoms with van der Waals surface area (Å²) in [5, 5.41) is 3.22. The molecule has 5 heteroatoms. The molecule has 1 N–H and O–H groups in total. The average molecular weight is 234 g/mol. The summed E-state index contributed by atoms with van der Waals surface area (Å²) in [6.45, 7) is 7.55. The molecule has 1 rings (SSSR count). The highest BCUT2D eigenvalue weighted by molar-refractivity contribution is 7.91. The van der Waals surface area contributed by atoms with Crippen molar-refractivity contribution in [1.29, 1.82) is 0 Å². The fraction of sp³-hybridized carbons (Fsp3) is 1.00. The van der Waals surface area contributed by atoms with Crippen molar-refractivity contribution >= 4 is 9.84 Å². The fourth-order valence-electron chi connectivity index (χ4n) is 1.70. The predicted octanol–water partition coefficient (Wildman–Crippen LogP) is 0.105. The third-order valence-corrected chi connectivity index (χ3v) is 4.60. The number of rotatable bonds is 7. The second-order valence-corrected chi connectivity index (χ2v) is 6.56. The summed E-state index contributed by atoms with van der Waals surface area (Å²) in [4.78, 5) is 2.30. The molecule has 90 valence electrons. The monoisotopic (exact) mass is 234 g/mol. The summed E-state index contributed by atoms with van der Waals surface area (Å²) in [5.41, 5.74) is 0. The second kappa shape index (κ2) is 5.82. The smallest absolute Gasteiger partial charge is 0.151 e. The quantitative estimate of drug-likeness (QED) is 0.679. The number of hydrogen-bond acceptors (Lipinski definition) is 4. The van der Waals surface area contributed by atoms with E-state index in [9.17, 15) is 8.42 Å². The van der Waals surface area contributed by atoms with Crippen LogP contribution >= 0.6 is 0 Å². The second-order valence-electron chi connectivity index (χ2n) is 4.08. The standard InChI is InChI=1S/C10H22N2O2S/c1-3-5-12(10-8-11-9-10)6-7-15(13,14)4-2/h10-11H,3-9H2,1-2H3. The Kier molecular flexibility index (Phi) is 5.02. The summed E-state index contributed by atoms with van der Waals surface area (Å²) in [5.74, 6) is 0.565. The van der Waals surface area contributed by atoms with Gasteiger partial charge in [0.05, 0.1) is 5.75 Å². The predicted molar refractivity (Wildman–Crippen MR) is 62.8 cm³/mol. The zero-order valence-corrected chi connectivity index (χ0v) is 10.5. The molecule has 0 saturated carbocycles. The Balaban J connectivity index is 2.37. The molecule has 15 heavy (non-hydrogen) atoms. The fourth-order valence-corrected chi connectivity index (χ4v) is 2.50. The van der Waals surface area contributed by atoms with Crippen LogP contribution in [0.3, 0.4) is 0 Å². The lowest BCUT2D eigenvalue weighted by Crippen LogP contribution is -2.58. The highest BCUT2D eigenvalue weighted by atomic mass is 32.2. The van der Waals surface area contributed by atoms with E-state index in [2.05, 4.69) is 17.1 Å². The van der Waals surface area contributed by atoms with Gasteiger partial charge in [-0.3, -0.25) is 4.90 Å². The molecule has 0 unspecified atom stereocenters. The molecular formula is C10H22N2O2S. The lowest BCUT2D eigenvalue weighted by atomic mass is 10.1. The first-order chi connectivity index (χ1) is 7.09. The molecule has 1 heterocycles. The van der Waals surface area contributed by atoms with Crippen LogP contribution in [0.15, 0.2) is 0 Å². The zero-order valence-electron chi connectivity index (χ0n) is 9.70. The van der Waals surface area contributed by atoms with Gasteiger partial charge < -0.3 is 5.32 Å². The molecule has 1 aliphatic heterocycles. The Bertz CT molecular complexity index is 273. The molecule has 1 fully saturated rings. The van der Waals surface area contributed by atoms with Crippen LogP contribution in [0.2, 0.25) is 0 Å². The number of hydrogen-bond donors (Lipinski definition) is 1. The molecule has 1 saturated heterocycles. The maximum Gasteiger partial charge on any atom is 0.151 e. The highest BCUT2D eigenvalue weighted by Crippen LogP contribution is 2.06. The van der Waals surface area contributed by atoms with E-state index in [1.165, 1.54) is 0 Å². The van der Waals surface area contributed by atoms with Crippen molar-refractivity contribution in [3.63, 3.8) is 0 Å². The van der Waals surface area contributed by atoms with E-state index < -0.39 is 9.84 Å². The highest BCUT2D eigenvalue weighted by Gasteiger charge is 2.24. The van der Waals surface area contributed by atoms with Gasteiger partial charge in [-0.25, -0.2) is 8.42 Å². The Hall–Kier alpha value is -0.130. The molecule has 0 aliphatic carbocycles. The minimum Gasteiger partial charge on any atom is -0.314 e. The first-order valence-corrected chi connectivity index (χ1v) is 7.56. The van der Waals surface area contributed by atoms with E-state index in [1.54, 1.807) is 6.92 Å². The van der Waals surface area contributed by atoms with E-state index in [0.717, 1.165) is 26.1 Å². The van der Waals surface area contributed by atoms with Crippen LogP contribution in [0.1, 0.15) is 20.3 Å². The number of nitrogens with one attached hydrogen (secondary N) is 1. The molecule has 0 atom stereocenters. The van der Waals surface area contributed by atoms with Gasteiger partial charge in [0, 0.05) is 31.4 Å². The summed E-state index contributed by atoms with van der Waals surface area (Å²) in [6, 6.07) is 0.553. The average Bonchev–Trinajstić information content (AvgIpc) is 2.12. The Labute approximate surface area is 93.0 Å². The van der Waals surface area contributed by atoms with Crippen molar-refractivity contribution in [3.8, 4) is 0 Å². The molecular weight excluding hydrogens is 212 g/mol. The van der Waals surface area contributed by atoms with Gasteiger partial charge >= 0.3 is 0 Å². The molecule has 0 aromatic heterocycles. The van der Waals surface area contributed by atoms with Gasteiger partial charge in [0.1, 0.15) is 0 Å². The van der Waals surface area contributed by atoms with Crippen LogP contribution in [0.4, 0.5) is 0 Å². The van der Waals surface area contributed by atoms with Crippen molar-refractivity contribution in [2.75, 3.05) is 37.7 Å². The van der Waals surface area contributed by atoms with Crippen molar-refractivity contribution in [1.82, 2.24) is 10.2 Å². The molecule has 0 amide bonds. The molecule has 0 radical (unpaired) electrons. The van der Waals surface area contributed by atoms with Crippen molar-refractivity contribution in [2.24, 2.45) is 0 Å². The van der Waals surface area contributed by atoms with Crippen LogP contribution in [-0.2, 0) is 9.84 Å². The first-order valence-electron chi connectivity index (χ1n) is 5.74. The molecule has 0 aromatic rings. The van der Waals surface area contributed by atoms with E-state index in [-0.39, 0.29) is 5.75 Å². The van der Waals surface area contributed by atoms with E-state index >= 15 is 0 Å². The minimum atomic E-state index is -2.81. The maximum atomic E-state index is 11.4. The van der Waals surface area contributed by atoms with Gasteiger partial charge in [-0.15, -0.1) is 0 Å². The molecule has 1 aliphatic rings.